The van der Waals surface area contributed by atoms with E-state index in [1.165, 1.54) is 17.8 Å². The zero-order chi connectivity index (χ0) is 25.8. The van der Waals surface area contributed by atoms with Gasteiger partial charge in [0.15, 0.2) is 18.2 Å². The molecule has 0 aliphatic rings. The molecule has 1 amide bonds. The zero-order valence-electron chi connectivity index (χ0n) is 18.7. The molecule has 188 valence electrons. The number of furan rings is 1. The van der Waals surface area contributed by atoms with Crippen molar-refractivity contribution in [2.45, 2.75) is 26.7 Å². The summed E-state index contributed by atoms with van der Waals surface area (Å²) in [6.45, 7) is 2.19. The third-order valence-electron chi connectivity index (χ3n) is 5.00. The van der Waals surface area contributed by atoms with E-state index in [1.807, 2.05) is 24.3 Å². The molecule has 4 aromatic rings. The van der Waals surface area contributed by atoms with Crippen LogP contribution in [0.25, 0.3) is 0 Å². The van der Waals surface area contributed by atoms with Gasteiger partial charge in [-0.15, -0.1) is 0 Å². The lowest BCUT2D eigenvalue weighted by Crippen LogP contribution is -2.10. The number of aryl methyl sites for hydroxylation is 1. The van der Waals surface area contributed by atoms with Gasteiger partial charge in [0.25, 0.3) is 5.91 Å². The number of ether oxygens (including phenoxy) is 2. The summed E-state index contributed by atoms with van der Waals surface area (Å²) < 4.78 is 18.5. The van der Waals surface area contributed by atoms with Crippen LogP contribution in [0.5, 0.6) is 11.5 Å². The molecule has 0 atom stereocenters. The summed E-state index contributed by atoms with van der Waals surface area (Å²) >= 11 is 30.4. The van der Waals surface area contributed by atoms with Gasteiger partial charge in [-0.1, -0.05) is 77.1 Å². The van der Waals surface area contributed by atoms with Gasteiger partial charge < -0.3 is 19.2 Å². The minimum Gasteiger partial charge on any atom is -0.482 e. The van der Waals surface area contributed by atoms with Crippen molar-refractivity contribution in [1.82, 2.24) is 9.78 Å². The van der Waals surface area contributed by atoms with E-state index in [-0.39, 0.29) is 50.0 Å². The maximum Gasteiger partial charge on any atom is 0.291 e. The molecular weight excluding hydrogens is 572 g/mol. The normalized spacial score (nSPS) is 10.9. The molecule has 0 aliphatic carbocycles. The van der Waals surface area contributed by atoms with Crippen LogP contribution in [-0.2, 0) is 19.8 Å². The first-order chi connectivity index (χ1) is 17.3. The molecule has 1 N–H and O–H groups in total. The minimum atomic E-state index is -0.467. The molecule has 0 saturated heterocycles. The summed E-state index contributed by atoms with van der Waals surface area (Å²) in [4.78, 5) is 12.6. The lowest BCUT2D eigenvalue weighted by atomic mass is 10.2. The van der Waals surface area contributed by atoms with Crippen molar-refractivity contribution in [2.24, 2.45) is 0 Å². The molecular formula is C24H18Cl5N3O4. The number of rotatable bonds is 9. The number of hydrogen-bond donors (Lipinski definition) is 1. The molecule has 4 rings (SSSR count). The van der Waals surface area contributed by atoms with Crippen molar-refractivity contribution < 1.29 is 18.7 Å². The molecule has 0 fully saturated rings. The molecule has 2 heterocycles. The van der Waals surface area contributed by atoms with E-state index < -0.39 is 5.91 Å². The monoisotopic (exact) mass is 587 g/mol. The summed E-state index contributed by atoms with van der Waals surface area (Å²) in [5.41, 5.74) is 1.70. The van der Waals surface area contributed by atoms with Gasteiger partial charge in [0, 0.05) is 0 Å². The number of anilines is 1. The number of carbonyl (C=O) groups excluding carboxylic acids is 1. The second-order valence-corrected chi connectivity index (χ2v) is 9.34. The molecule has 12 heteroatoms. The summed E-state index contributed by atoms with van der Waals surface area (Å²) in [6, 6.07) is 10.9. The Balaban J connectivity index is 1.33. The molecule has 0 saturated carbocycles. The fourth-order valence-electron chi connectivity index (χ4n) is 3.09. The second-order valence-electron chi connectivity index (χ2n) is 7.45. The van der Waals surface area contributed by atoms with E-state index in [4.69, 9.17) is 71.9 Å². The van der Waals surface area contributed by atoms with E-state index >= 15 is 0 Å². The SMILES string of the molecule is CCc1ccc(OCn2cc(NC(=O)c3ccc(COc4c(Cl)c(Cl)c(Cl)c(Cl)c4Cl)o3)cn2)cc1. The second kappa shape index (κ2) is 11.7. The first-order valence-corrected chi connectivity index (χ1v) is 12.4. The molecule has 0 unspecified atom stereocenters. The standard InChI is InChI=1S/C24H18Cl5N3O4/c1-2-13-3-5-15(6-4-13)35-12-32-10-14(9-30-32)31-24(33)17-8-7-16(36-17)11-34-23-21(28)19(26)18(25)20(27)22(23)29/h3-10H,2,11-12H2,1H3,(H,31,33). The van der Waals surface area contributed by atoms with Gasteiger partial charge in [0.2, 0.25) is 0 Å². The molecule has 36 heavy (non-hydrogen) atoms. The number of nitrogens with one attached hydrogen (secondary N) is 1. The minimum absolute atomic E-state index is 0.0135. The highest BCUT2D eigenvalue weighted by molar-refractivity contribution is 6.55. The smallest absolute Gasteiger partial charge is 0.291 e. The highest BCUT2D eigenvalue weighted by Crippen LogP contribution is 2.48. The third-order valence-corrected chi connectivity index (χ3v) is 7.24. The Labute approximate surface area is 231 Å². The van der Waals surface area contributed by atoms with E-state index in [0.717, 1.165) is 12.2 Å². The van der Waals surface area contributed by atoms with Gasteiger partial charge in [0.05, 0.1) is 33.1 Å². The van der Waals surface area contributed by atoms with Crippen molar-refractivity contribution in [1.29, 1.82) is 0 Å². The van der Waals surface area contributed by atoms with E-state index in [1.54, 1.807) is 16.9 Å². The molecule has 0 radical (unpaired) electrons. The van der Waals surface area contributed by atoms with Crippen LogP contribution in [0.3, 0.4) is 0 Å². The van der Waals surface area contributed by atoms with Crippen molar-refractivity contribution in [3.8, 4) is 11.5 Å². The average Bonchev–Trinajstić information content (AvgIpc) is 3.55. The average molecular weight is 590 g/mol. The van der Waals surface area contributed by atoms with Crippen molar-refractivity contribution in [3.63, 3.8) is 0 Å². The van der Waals surface area contributed by atoms with Crippen molar-refractivity contribution >= 4 is 69.6 Å². The Kier molecular flexibility index (Phi) is 8.59. The number of nitrogens with zero attached hydrogens (tertiary/aromatic N) is 2. The number of carbonyl (C=O) groups is 1. The van der Waals surface area contributed by atoms with Crippen LogP contribution in [0.4, 0.5) is 5.69 Å². The Bertz CT molecular complexity index is 1360. The maximum absolute atomic E-state index is 12.6. The van der Waals surface area contributed by atoms with Crippen LogP contribution >= 0.6 is 58.0 Å². The van der Waals surface area contributed by atoms with Gasteiger partial charge in [-0.2, -0.15) is 5.10 Å². The van der Waals surface area contributed by atoms with Crippen LogP contribution < -0.4 is 14.8 Å². The van der Waals surface area contributed by atoms with Gasteiger partial charge in [-0.25, -0.2) is 4.68 Å². The number of amides is 1. The lowest BCUT2D eigenvalue weighted by Gasteiger charge is -2.12. The van der Waals surface area contributed by atoms with Gasteiger partial charge >= 0.3 is 0 Å². The highest BCUT2D eigenvalue weighted by atomic mass is 35.5. The Hall–Kier alpha value is -2.55. The van der Waals surface area contributed by atoms with Crippen LogP contribution in [-0.4, -0.2) is 15.7 Å². The van der Waals surface area contributed by atoms with Crippen molar-refractivity contribution in [3.05, 3.63) is 91.0 Å². The van der Waals surface area contributed by atoms with E-state index in [9.17, 15) is 4.79 Å². The zero-order valence-corrected chi connectivity index (χ0v) is 22.4. The third kappa shape index (κ3) is 6.05. The van der Waals surface area contributed by atoms with Gasteiger partial charge in [-0.05, 0) is 36.2 Å². The first kappa shape index (κ1) is 26.5. The van der Waals surface area contributed by atoms with Crippen molar-refractivity contribution in [2.75, 3.05) is 5.32 Å². The predicted molar refractivity (Wildman–Crippen MR) is 141 cm³/mol. The van der Waals surface area contributed by atoms with E-state index in [0.29, 0.717) is 11.4 Å². The van der Waals surface area contributed by atoms with Crippen LogP contribution in [0, 0.1) is 0 Å². The quantitative estimate of drug-likeness (QED) is 0.157. The Morgan fingerprint density at radius 2 is 1.61 bits per heavy atom. The molecule has 2 aromatic carbocycles. The summed E-state index contributed by atoms with van der Waals surface area (Å²) in [6.07, 6.45) is 4.11. The largest absolute Gasteiger partial charge is 0.482 e. The molecule has 0 spiro atoms. The number of hydrogen-bond acceptors (Lipinski definition) is 5. The summed E-state index contributed by atoms with van der Waals surface area (Å²) in [7, 11) is 0. The topological polar surface area (TPSA) is 78.5 Å². The Morgan fingerprint density at radius 3 is 2.28 bits per heavy atom. The fourth-order valence-corrected chi connectivity index (χ4v) is 4.32. The maximum atomic E-state index is 12.6. The van der Waals surface area contributed by atoms with Gasteiger partial charge in [0.1, 0.15) is 28.2 Å². The number of aromatic nitrogens is 2. The first-order valence-electron chi connectivity index (χ1n) is 10.5. The Morgan fingerprint density at radius 1 is 0.944 bits per heavy atom. The molecule has 0 aliphatic heterocycles. The fraction of sp³-hybridized carbons (Fsp3) is 0.167. The lowest BCUT2D eigenvalue weighted by molar-refractivity contribution is 0.0992. The van der Waals surface area contributed by atoms with Crippen LogP contribution in [0.15, 0.2) is 53.2 Å². The summed E-state index contributed by atoms with van der Waals surface area (Å²) in [5, 5.41) is 6.99. The van der Waals surface area contributed by atoms with Gasteiger partial charge in [-0.3, -0.25) is 4.79 Å². The summed E-state index contributed by atoms with van der Waals surface area (Å²) in [5.74, 6) is 0.719. The predicted octanol–water partition coefficient (Wildman–Crippen LogP) is 8.17. The molecule has 0 bridgehead atoms. The van der Waals surface area contributed by atoms with Crippen LogP contribution in [0.1, 0.15) is 28.8 Å². The molecule has 7 nitrogen and oxygen atoms in total. The number of halogens is 5. The molecule has 2 aromatic heterocycles. The van der Waals surface area contributed by atoms with E-state index in [2.05, 4.69) is 17.3 Å². The highest BCUT2D eigenvalue weighted by Gasteiger charge is 2.21. The number of benzene rings is 2. The van der Waals surface area contributed by atoms with Crippen LogP contribution in [0.2, 0.25) is 25.1 Å².